The summed E-state index contributed by atoms with van der Waals surface area (Å²) in [5.41, 5.74) is 0. The topological polar surface area (TPSA) is 41.6 Å². The van der Waals surface area contributed by atoms with Gasteiger partial charge in [-0.15, -0.1) is 0 Å². The van der Waals surface area contributed by atoms with Gasteiger partial charge in [-0.25, -0.2) is 4.79 Å². The molecule has 0 aromatic rings. The zero-order valence-corrected chi connectivity index (χ0v) is 6.26. The van der Waals surface area contributed by atoms with Crippen LogP contribution in [0.5, 0.6) is 0 Å². The number of nitrogens with one attached hydrogen (secondary N) is 1. The normalized spacial score (nSPS) is 24.7. The van der Waals surface area contributed by atoms with Crippen molar-refractivity contribution in [2.24, 2.45) is 0 Å². The fourth-order valence-corrected chi connectivity index (χ4v) is 0.827. The number of rotatable bonds is 2. The molecule has 1 unspecified atom stereocenters. The molecule has 1 amide bonds. The highest BCUT2D eigenvalue weighted by atomic mass is 16.6. The number of nitrogens with zero attached hydrogens (tertiary/aromatic N) is 1. The quantitative estimate of drug-likeness (QED) is 0.593. The molecule has 1 heterocycles. The molecule has 1 aliphatic heterocycles. The predicted molar refractivity (Wildman–Crippen MR) is 36.6 cm³/mol. The van der Waals surface area contributed by atoms with Crippen LogP contribution >= 0.6 is 0 Å². The minimum absolute atomic E-state index is 0.0718. The second-order valence-electron chi connectivity index (χ2n) is 2.31. The second kappa shape index (κ2) is 2.88. The first kappa shape index (κ1) is 7.34. The smallest absolute Gasteiger partial charge is 0.408 e. The average Bonchev–Trinajstić information content (AvgIpc) is 2.34. The first-order valence-electron chi connectivity index (χ1n) is 3.38. The second-order valence-corrected chi connectivity index (χ2v) is 2.31. The van der Waals surface area contributed by atoms with Crippen molar-refractivity contribution in [1.82, 2.24) is 10.2 Å². The van der Waals surface area contributed by atoms with Crippen molar-refractivity contribution >= 4 is 6.09 Å². The number of carbonyl (C=O) groups is 1. The Morgan fingerprint density at radius 3 is 3.00 bits per heavy atom. The summed E-state index contributed by atoms with van der Waals surface area (Å²) in [7, 11) is 1.92. The molecule has 1 saturated heterocycles. The molecular weight excluding hydrogens is 132 g/mol. The lowest BCUT2D eigenvalue weighted by molar-refractivity contribution is 0.0426. The van der Waals surface area contributed by atoms with E-state index in [1.165, 1.54) is 0 Å². The van der Waals surface area contributed by atoms with Gasteiger partial charge < -0.3 is 10.1 Å². The maximum absolute atomic E-state index is 10.5. The van der Waals surface area contributed by atoms with Crippen LogP contribution in [0.15, 0.2) is 0 Å². The summed E-state index contributed by atoms with van der Waals surface area (Å²) in [6.45, 7) is 3.51. The van der Waals surface area contributed by atoms with E-state index in [0.29, 0.717) is 6.54 Å². The van der Waals surface area contributed by atoms with Gasteiger partial charge in [0, 0.05) is 0 Å². The van der Waals surface area contributed by atoms with Crippen LogP contribution in [0.4, 0.5) is 4.79 Å². The lowest BCUT2D eigenvalue weighted by atomic mass is 10.5. The fraction of sp³-hybridized carbons (Fsp3) is 0.833. The fourth-order valence-electron chi connectivity index (χ4n) is 0.827. The molecule has 58 valence electrons. The maximum atomic E-state index is 10.5. The number of cyclic esters (lactones) is 1. The molecule has 1 atom stereocenters. The van der Waals surface area contributed by atoms with Gasteiger partial charge in [-0.3, -0.25) is 4.90 Å². The standard InChI is InChI=1S/C6H12N2O2/c1-3-8(2)5-4-7-6(9)10-5/h5H,3-4H2,1-2H3,(H,7,9). The van der Waals surface area contributed by atoms with Crippen molar-refractivity contribution in [3.8, 4) is 0 Å². The molecule has 0 bridgehead atoms. The molecule has 0 saturated carbocycles. The first-order chi connectivity index (χ1) is 4.74. The Morgan fingerprint density at radius 1 is 1.90 bits per heavy atom. The van der Waals surface area contributed by atoms with Gasteiger partial charge in [0.1, 0.15) is 0 Å². The minimum atomic E-state index is -0.315. The van der Waals surface area contributed by atoms with Gasteiger partial charge in [0.25, 0.3) is 0 Å². The summed E-state index contributed by atoms with van der Waals surface area (Å²) in [5.74, 6) is 0. The molecule has 4 nitrogen and oxygen atoms in total. The monoisotopic (exact) mass is 144 g/mol. The average molecular weight is 144 g/mol. The highest BCUT2D eigenvalue weighted by Gasteiger charge is 2.24. The van der Waals surface area contributed by atoms with Gasteiger partial charge >= 0.3 is 6.09 Å². The molecule has 0 aliphatic carbocycles. The summed E-state index contributed by atoms with van der Waals surface area (Å²) in [6, 6.07) is 0. The van der Waals surface area contributed by atoms with Crippen LogP contribution in [0.3, 0.4) is 0 Å². The Morgan fingerprint density at radius 2 is 2.60 bits per heavy atom. The van der Waals surface area contributed by atoms with Crippen LogP contribution in [0, 0.1) is 0 Å². The molecule has 0 aromatic carbocycles. The van der Waals surface area contributed by atoms with Gasteiger partial charge in [0.2, 0.25) is 0 Å². The van der Waals surface area contributed by atoms with Gasteiger partial charge in [0.05, 0.1) is 6.54 Å². The van der Waals surface area contributed by atoms with Gasteiger partial charge in [0.15, 0.2) is 6.23 Å². The van der Waals surface area contributed by atoms with E-state index < -0.39 is 0 Å². The van der Waals surface area contributed by atoms with E-state index in [9.17, 15) is 4.79 Å². The van der Waals surface area contributed by atoms with Crippen molar-refractivity contribution in [2.45, 2.75) is 13.2 Å². The minimum Gasteiger partial charge on any atom is -0.428 e. The highest BCUT2D eigenvalue weighted by molar-refractivity contribution is 5.69. The van der Waals surface area contributed by atoms with Crippen molar-refractivity contribution in [3.05, 3.63) is 0 Å². The Labute approximate surface area is 60.1 Å². The number of hydrogen-bond donors (Lipinski definition) is 1. The van der Waals surface area contributed by atoms with Crippen molar-refractivity contribution in [2.75, 3.05) is 20.1 Å². The number of ether oxygens (including phenoxy) is 1. The van der Waals surface area contributed by atoms with Crippen molar-refractivity contribution < 1.29 is 9.53 Å². The SMILES string of the molecule is CCN(C)C1CNC(=O)O1. The van der Waals surface area contributed by atoms with Crippen LogP contribution < -0.4 is 5.32 Å². The van der Waals surface area contributed by atoms with Gasteiger partial charge in [-0.2, -0.15) is 0 Å². The van der Waals surface area contributed by atoms with Crippen LogP contribution in [-0.2, 0) is 4.74 Å². The Kier molecular flexibility index (Phi) is 2.11. The summed E-state index contributed by atoms with van der Waals surface area (Å²) in [4.78, 5) is 12.5. The van der Waals surface area contributed by atoms with Gasteiger partial charge in [-0.05, 0) is 13.6 Å². The number of hydrogen-bond acceptors (Lipinski definition) is 3. The molecule has 1 aliphatic rings. The van der Waals surface area contributed by atoms with E-state index in [-0.39, 0.29) is 12.3 Å². The third-order valence-electron chi connectivity index (χ3n) is 1.65. The van der Waals surface area contributed by atoms with E-state index in [1.54, 1.807) is 0 Å². The van der Waals surface area contributed by atoms with E-state index in [4.69, 9.17) is 4.74 Å². The van der Waals surface area contributed by atoms with Crippen LogP contribution in [0.1, 0.15) is 6.92 Å². The van der Waals surface area contributed by atoms with Crippen molar-refractivity contribution in [1.29, 1.82) is 0 Å². The molecule has 10 heavy (non-hydrogen) atoms. The summed E-state index contributed by atoms with van der Waals surface area (Å²) >= 11 is 0. The largest absolute Gasteiger partial charge is 0.428 e. The Balaban J connectivity index is 2.36. The maximum Gasteiger partial charge on any atom is 0.408 e. The number of carbonyl (C=O) groups excluding carboxylic acids is 1. The molecule has 0 aromatic heterocycles. The van der Waals surface area contributed by atoms with E-state index >= 15 is 0 Å². The molecule has 4 heteroatoms. The van der Waals surface area contributed by atoms with E-state index in [1.807, 2.05) is 18.9 Å². The first-order valence-corrected chi connectivity index (χ1v) is 3.38. The molecule has 1 fully saturated rings. The van der Waals surface area contributed by atoms with Gasteiger partial charge in [-0.1, -0.05) is 6.92 Å². The lowest BCUT2D eigenvalue weighted by Gasteiger charge is -2.18. The number of alkyl carbamates (subject to hydrolysis) is 1. The summed E-state index contributed by atoms with van der Waals surface area (Å²) in [6.07, 6.45) is -0.386. The highest BCUT2D eigenvalue weighted by Crippen LogP contribution is 2.02. The zero-order chi connectivity index (χ0) is 7.56. The van der Waals surface area contributed by atoms with Crippen LogP contribution in [0.2, 0.25) is 0 Å². The van der Waals surface area contributed by atoms with E-state index in [0.717, 1.165) is 6.54 Å². The summed E-state index contributed by atoms with van der Waals surface area (Å²) < 4.78 is 4.89. The predicted octanol–water partition coefficient (Wildman–Crippen LogP) is 0.00400. The molecular formula is C6H12N2O2. The Bertz CT molecular complexity index is 138. The van der Waals surface area contributed by atoms with Crippen LogP contribution in [-0.4, -0.2) is 37.4 Å². The van der Waals surface area contributed by atoms with Crippen molar-refractivity contribution in [3.63, 3.8) is 0 Å². The van der Waals surface area contributed by atoms with Crippen LogP contribution in [0.25, 0.3) is 0 Å². The Hall–Kier alpha value is -0.770. The number of amides is 1. The zero-order valence-electron chi connectivity index (χ0n) is 6.26. The molecule has 0 spiro atoms. The third kappa shape index (κ3) is 1.39. The lowest BCUT2D eigenvalue weighted by Crippen LogP contribution is -2.34. The molecule has 0 radical (unpaired) electrons. The number of likely N-dealkylation sites (N-methyl/N-ethyl adjacent to an activating group) is 1. The summed E-state index contributed by atoms with van der Waals surface area (Å²) in [5, 5.41) is 2.58. The third-order valence-corrected chi connectivity index (χ3v) is 1.65. The molecule has 1 rings (SSSR count). The van der Waals surface area contributed by atoms with E-state index in [2.05, 4.69) is 5.32 Å². The molecule has 1 N–H and O–H groups in total.